The molecule has 0 spiro atoms. The average molecular weight is 420 g/mol. The molecule has 30 heavy (non-hydrogen) atoms. The van der Waals surface area contributed by atoms with Gasteiger partial charge in [-0.2, -0.15) is 13.2 Å². The SMILES string of the molecule is Cc1ccc(C(=O)N2CCC[C@H](c3cc(C(F)(F)F)c4c(C)noc4n3)C2)c(=O)[nH]1. The van der Waals surface area contributed by atoms with Gasteiger partial charge in [-0.05, 0) is 44.9 Å². The Labute approximate surface area is 168 Å². The first kappa shape index (κ1) is 20.1. The van der Waals surface area contributed by atoms with Crippen molar-refractivity contribution < 1.29 is 22.5 Å². The van der Waals surface area contributed by atoms with E-state index in [-0.39, 0.29) is 34.6 Å². The minimum Gasteiger partial charge on any atom is -0.338 e. The molecule has 3 aromatic heterocycles. The third-order valence-corrected chi connectivity index (χ3v) is 5.35. The lowest BCUT2D eigenvalue weighted by molar-refractivity contribution is -0.136. The van der Waals surface area contributed by atoms with Crippen molar-refractivity contribution in [3.05, 3.63) is 56.8 Å². The first-order chi connectivity index (χ1) is 14.1. The van der Waals surface area contributed by atoms with Crippen molar-refractivity contribution in [3.8, 4) is 0 Å². The lowest BCUT2D eigenvalue weighted by atomic mass is 9.92. The molecule has 3 aromatic rings. The van der Waals surface area contributed by atoms with E-state index in [4.69, 9.17) is 4.52 Å². The Balaban J connectivity index is 1.67. The number of pyridine rings is 2. The fourth-order valence-electron chi connectivity index (χ4n) is 3.86. The molecule has 0 aromatic carbocycles. The van der Waals surface area contributed by atoms with Crippen LogP contribution in [0.4, 0.5) is 13.2 Å². The summed E-state index contributed by atoms with van der Waals surface area (Å²) < 4.78 is 45.9. The summed E-state index contributed by atoms with van der Waals surface area (Å²) in [5.41, 5.74) is -0.551. The van der Waals surface area contributed by atoms with Gasteiger partial charge in [0.05, 0.1) is 22.3 Å². The number of carbonyl (C=O) groups excluding carboxylic acids is 1. The maximum atomic E-state index is 13.6. The summed E-state index contributed by atoms with van der Waals surface area (Å²) in [5, 5.41) is 3.46. The number of alkyl halides is 3. The molecule has 1 aliphatic heterocycles. The molecule has 0 saturated carbocycles. The van der Waals surface area contributed by atoms with Crippen molar-refractivity contribution in [2.24, 2.45) is 0 Å². The molecule has 0 unspecified atom stereocenters. The van der Waals surface area contributed by atoms with Crippen molar-refractivity contribution in [2.75, 3.05) is 13.1 Å². The van der Waals surface area contributed by atoms with Crippen LogP contribution in [0, 0.1) is 13.8 Å². The Morgan fingerprint density at radius 2 is 2.07 bits per heavy atom. The van der Waals surface area contributed by atoms with Crippen LogP contribution in [-0.4, -0.2) is 39.0 Å². The number of aromatic nitrogens is 3. The molecular weight excluding hydrogens is 401 g/mol. The molecule has 158 valence electrons. The number of hydrogen-bond acceptors (Lipinski definition) is 5. The van der Waals surface area contributed by atoms with E-state index in [0.717, 1.165) is 6.07 Å². The van der Waals surface area contributed by atoms with Crippen molar-refractivity contribution in [1.29, 1.82) is 0 Å². The number of hydrogen-bond donors (Lipinski definition) is 1. The largest absolute Gasteiger partial charge is 0.417 e. The van der Waals surface area contributed by atoms with E-state index in [9.17, 15) is 22.8 Å². The minimum atomic E-state index is -4.59. The Kier molecular flexibility index (Phi) is 4.87. The summed E-state index contributed by atoms with van der Waals surface area (Å²) in [6.07, 6.45) is -3.45. The number of aromatic amines is 1. The second-order valence-corrected chi connectivity index (χ2v) is 7.52. The fraction of sp³-hybridized carbons (Fsp3) is 0.400. The molecule has 1 N–H and O–H groups in total. The van der Waals surface area contributed by atoms with Crippen molar-refractivity contribution in [2.45, 2.75) is 38.8 Å². The Hall–Kier alpha value is -3.17. The molecule has 1 aliphatic rings. The van der Waals surface area contributed by atoms with Gasteiger partial charge in [-0.25, -0.2) is 4.98 Å². The van der Waals surface area contributed by atoms with Gasteiger partial charge < -0.3 is 14.4 Å². The van der Waals surface area contributed by atoms with Gasteiger partial charge in [0.25, 0.3) is 17.2 Å². The number of fused-ring (bicyclic) bond motifs is 1. The molecule has 4 heterocycles. The van der Waals surface area contributed by atoms with Gasteiger partial charge in [-0.15, -0.1) is 0 Å². The minimum absolute atomic E-state index is 0.00602. The molecule has 1 amide bonds. The third kappa shape index (κ3) is 3.57. The average Bonchev–Trinajstić information content (AvgIpc) is 3.07. The second-order valence-electron chi connectivity index (χ2n) is 7.52. The molecule has 0 radical (unpaired) electrons. The van der Waals surface area contributed by atoms with Crippen molar-refractivity contribution >= 4 is 17.0 Å². The first-order valence-electron chi connectivity index (χ1n) is 9.48. The van der Waals surface area contributed by atoms with Crippen LogP contribution in [0.15, 0.2) is 27.5 Å². The maximum Gasteiger partial charge on any atom is 0.417 e. The molecular formula is C20H19F3N4O3. The number of amides is 1. The number of likely N-dealkylation sites (tertiary alicyclic amines) is 1. The number of H-pyrrole nitrogens is 1. The number of rotatable bonds is 2. The molecule has 4 rings (SSSR count). The summed E-state index contributed by atoms with van der Waals surface area (Å²) in [6.45, 7) is 3.72. The van der Waals surface area contributed by atoms with Gasteiger partial charge in [-0.1, -0.05) is 5.16 Å². The summed E-state index contributed by atoms with van der Waals surface area (Å²) in [4.78, 5) is 33.3. The van der Waals surface area contributed by atoms with E-state index < -0.39 is 29.1 Å². The molecule has 10 heteroatoms. The lowest BCUT2D eigenvalue weighted by Crippen LogP contribution is -2.41. The topological polar surface area (TPSA) is 92.1 Å². The van der Waals surface area contributed by atoms with E-state index in [2.05, 4.69) is 15.1 Å². The van der Waals surface area contributed by atoms with Gasteiger partial charge in [0, 0.05) is 24.7 Å². The van der Waals surface area contributed by atoms with Crippen LogP contribution < -0.4 is 5.56 Å². The van der Waals surface area contributed by atoms with Gasteiger partial charge in [0.1, 0.15) is 5.56 Å². The van der Waals surface area contributed by atoms with Crippen molar-refractivity contribution in [3.63, 3.8) is 0 Å². The molecule has 1 fully saturated rings. The van der Waals surface area contributed by atoms with E-state index in [1.807, 2.05) is 0 Å². The highest BCUT2D eigenvalue weighted by molar-refractivity contribution is 5.94. The number of aryl methyl sites for hydroxylation is 2. The van der Waals surface area contributed by atoms with E-state index in [1.54, 1.807) is 13.0 Å². The predicted molar refractivity (Wildman–Crippen MR) is 101 cm³/mol. The maximum absolute atomic E-state index is 13.6. The zero-order chi connectivity index (χ0) is 21.6. The van der Waals surface area contributed by atoms with Gasteiger partial charge in [0.15, 0.2) is 0 Å². The van der Waals surface area contributed by atoms with Crippen LogP contribution in [0.3, 0.4) is 0 Å². The number of carbonyl (C=O) groups is 1. The normalized spacial score (nSPS) is 17.5. The fourth-order valence-corrected chi connectivity index (χ4v) is 3.86. The number of nitrogens with one attached hydrogen (secondary N) is 1. The number of nitrogens with zero attached hydrogens (tertiary/aromatic N) is 3. The van der Waals surface area contributed by atoms with E-state index in [0.29, 0.717) is 25.1 Å². The Morgan fingerprint density at radius 3 is 2.77 bits per heavy atom. The van der Waals surface area contributed by atoms with E-state index >= 15 is 0 Å². The summed E-state index contributed by atoms with van der Waals surface area (Å²) in [7, 11) is 0. The Morgan fingerprint density at radius 1 is 1.30 bits per heavy atom. The standard InChI is InChI=1S/C20H19F3N4O3/c1-10-5-6-13(17(28)24-10)19(29)27-7-3-4-12(9-27)15-8-14(20(21,22)23)16-11(2)26-30-18(16)25-15/h5-6,8,12H,3-4,7,9H2,1-2H3,(H,24,28)/t12-/m0/s1. The summed E-state index contributed by atoms with van der Waals surface area (Å²) >= 11 is 0. The molecule has 1 atom stereocenters. The van der Waals surface area contributed by atoms with Gasteiger partial charge in [-0.3, -0.25) is 9.59 Å². The molecule has 0 aliphatic carbocycles. The quantitative estimate of drug-likeness (QED) is 0.684. The Bertz CT molecular complexity index is 1180. The molecule has 0 bridgehead atoms. The zero-order valence-electron chi connectivity index (χ0n) is 16.3. The first-order valence-corrected chi connectivity index (χ1v) is 9.48. The van der Waals surface area contributed by atoms with Crippen LogP contribution >= 0.6 is 0 Å². The summed E-state index contributed by atoms with van der Waals surface area (Å²) in [5.74, 6) is -0.864. The highest BCUT2D eigenvalue weighted by atomic mass is 19.4. The predicted octanol–water partition coefficient (Wildman–Crippen LogP) is 3.57. The second kappa shape index (κ2) is 7.26. The van der Waals surface area contributed by atoms with Crippen LogP contribution in [0.1, 0.15) is 51.8 Å². The smallest absolute Gasteiger partial charge is 0.338 e. The molecule has 7 nitrogen and oxygen atoms in total. The van der Waals surface area contributed by atoms with Crippen molar-refractivity contribution in [1.82, 2.24) is 20.0 Å². The van der Waals surface area contributed by atoms with Gasteiger partial charge in [0.2, 0.25) is 0 Å². The number of piperidine rings is 1. The summed E-state index contributed by atoms with van der Waals surface area (Å²) in [6, 6.07) is 4.11. The lowest BCUT2D eigenvalue weighted by Gasteiger charge is -2.32. The van der Waals surface area contributed by atoms with Crippen LogP contribution in [0.5, 0.6) is 0 Å². The van der Waals surface area contributed by atoms with Gasteiger partial charge >= 0.3 is 6.18 Å². The van der Waals surface area contributed by atoms with E-state index in [1.165, 1.54) is 17.9 Å². The monoisotopic (exact) mass is 420 g/mol. The molecule has 1 saturated heterocycles. The van der Waals surface area contributed by atoms with Crippen LogP contribution in [0.2, 0.25) is 0 Å². The highest BCUT2D eigenvalue weighted by Crippen LogP contribution is 2.38. The van der Waals surface area contributed by atoms with Crippen LogP contribution in [-0.2, 0) is 6.18 Å². The zero-order valence-corrected chi connectivity index (χ0v) is 16.3. The number of halogens is 3. The highest BCUT2D eigenvalue weighted by Gasteiger charge is 2.37. The van der Waals surface area contributed by atoms with Crippen LogP contribution in [0.25, 0.3) is 11.1 Å². The third-order valence-electron chi connectivity index (χ3n) is 5.35.